The quantitative estimate of drug-likeness (QED) is 0.815. The van der Waals surface area contributed by atoms with Crippen LogP contribution in [0.4, 0.5) is 11.4 Å². The monoisotopic (exact) mass is 291 g/mol. The van der Waals surface area contributed by atoms with Crippen LogP contribution in [0.1, 0.15) is 26.2 Å². The first-order valence-electron chi connectivity index (χ1n) is 7.63. The van der Waals surface area contributed by atoms with E-state index in [0.717, 1.165) is 39.1 Å². The van der Waals surface area contributed by atoms with Gasteiger partial charge in [-0.15, -0.1) is 0 Å². The molecule has 21 heavy (non-hydrogen) atoms. The van der Waals surface area contributed by atoms with Crippen molar-refractivity contribution in [2.24, 2.45) is 0 Å². The zero-order valence-electron chi connectivity index (χ0n) is 12.7. The highest BCUT2D eigenvalue weighted by Gasteiger charge is 2.15. The van der Waals surface area contributed by atoms with Crippen LogP contribution in [0.25, 0.3) is 0 Å². The van der Waals surface area contributed by atoms with Gasteiger partial charge in [0, 0.05) is 26.1 Å². The molecule has 1 atom stereocenters. The van der Waals surface area contributed by atoms with Crippen LogP contribution in [0.15, 0.2) is 24.3 Å². The first kappa shape index (κ1) is 15.8. The summed E-state index contributed by atoms with van der Waals surface area (Å²) in [5.74, 6) is 0.0204. The van der Waals surface area contributed by atoms with Crippen LogP contribution in [0.2, 0.25) is 0 Å². The van der Waals surface area contributed by atoms with Crippen molar-refractivity contribution >= 4 is 17.3 Å². The number of benzene rings is 1. The molecule has 1 heterocycles. The van der Waals surface area contributed by atoms with Crippen LogP contribution in [-0.2, 0) is 9.53 Å². The van der Waals surface area contributed by atoms with Crippen molar-refractivity contribution in [2.45, 2.75) is 32.3 Å². The topological polar surface area (TPSA) is 67.6 Å². The molecule has 1 aliphatic rings. The lowest BCUT2D eigenvalue weighted by atomic mass is 10.2. The molecule has 0 bridgehead atoms. The molecule has 1 aliphatic heterocycles. The number of carbonyl (C=O) groups is 1. The number of amides is 1. The van der Waals surface area contributed by atoms with Gasteiger partial charge in [-0.1, -0.05) is 12.1 Å². The summed E-state index contributed by atoms with van der Waals surface area (Å²) in [5, 5.41) is 2.86. The molecule has 5 nitrogen and oxygen atoms in total. The molecule has 2 rings (SSSR count). The second kappa shape index (κ2) is 8.00. The lowest BCUT2D eigenvalue weighted by Gasteiger charge is -2.21. The van der Waals surface area contributed by atoms with Gasteiger partial charge < -0.3 is 20.7 Å². The third-order valence-electron chi connectivity index (χ3n) is 3.65. The van der Waals surface area contributed by atoms with Crippen molar-refractivity contribution < 1.29 is 9.53 Å². The maximum absolute atomic E-state index is 11.9. The fourth-order valence-corrected chi connectivity index (χ4v) is 2.57. The Morgan fingerprint density at radius 3 is 3.10 bits per heavy atom. The number of ether oxygens (including phenoxy) is 1. The van der Waals surface area contributed by atoms with Crippen LogP contribution in [0.3, 0.4) is 0 Å². The van der Waals surface area contributed by atoms with Gasteiger partial charge in [0.25, 0.3) is 0 Å². The molecule has 0 radical (unpaired) electrons. The van der Waals surface area contributed by atoms with Crippen molar-refractivity contribution in [1.82, 2.24) is 4.90 Å². The van der Waals surface area contributed by atoms with Gasteiger partial charge >= 0.3 is 0 Å². The highest BCUT2D eigenvalue weighted by atomic mass is 16.5. The lowest BCUT2D eigenvalue weighted by Crippen LogP contribution is -2.31. The summed E-state index contributed by atoms with van der Waals surface area (Å²) < 4.78 is 5.62. The van der Waals surface area contributed by atoms with Gasteiger partial charge in [-0.3, -0.25) is 4.79 Å². The predicted molar refractivity (Wildman–Crippen MR) is 85.2 cm³/mol. The predicted octanol–water partition coefficient (Wildman–Crippen LogP) is 2.10. The highest BCUT2D eigenvalue weighted by molar-refractivity contribution is 5.93. The summed E-state index contributed by atoms with van der Waals surface area (Å²) in [5.41, 5.74) is 7.11. The molecule has 1 amide bonds. The molecule has 1 unspecified atom stereocenters. The van der Waals surface area contributed by atoms with Crippen LogP contribution in [-0.4, -0.2) is 43.2 Å². The lowest BCUT2D eigenvalue weighted by molar-refractivity contribution is -0.116. The zero-order chi connectivity index (χ0) is 15.1. The van der Waals surface area contributed by atoms with Crippen molar-refractivity contribution in [3.63, 3.8) is 0 Å². The van der Waals surface area contributed by atoms with E-state index < -0.39 is 0 Å². The Balaban J connectivity index is 1.70. The van der Waals surface area contributed by atoms with Gasteiger partial charge in [-0.25, -0.2) is 0 Å². The van der Waals surface area contributed by atoms with Crippen LogP contribution in [0, 0.1) is 0 Å². The Morgan fingerprint density at radius 1 is 1.48 bits per heavy atom. The first-order valence-corrected chi connectivity index (χ1v) is 7.63. The summed E-state index contributed by atoms with van der Waals surface area (Å²) in [6.45, 7) is 5.88. The molecule has 0 aliphatic carbocycles. The van der Waals surface area contributed by atoms with Gasteiger partial charge in [0.05, 0.1) is 17.5 Å². The Labute approximate surface area is 126 Å². The van der Waals surface area contributed by atoms with Crippen molar-refractivity contribution in [3.05, 3.63) is 24.3 Å². The highest BCUT2D eigenvalue weighted by Crippen LogP contribution is 2.17. The average molecular weight is 291 g/mol. The number of hydrogen-bond donors (Lipinski definition) is 2. The second-order valence-electron chi connectivity index (χ2n) is 5.57. The minimum absolute atomic E-state index is 0.0204. The third-order valence-corrected chi connectivity index (χ3v) is 3.65. The summed E-state index contributed by atoms with van der Waals surface area (Å²) in [7, 11) is 0. The number of hydrogen-bond acceptors (Lipinski definition) is 4. The van der Waals surface area contributed by atoms with E-state index in [1.807, 2.05) is 18.2 Å². The van der Waals surface area contributed by atoms with E-state index in [9.17, 15) is 4.79 Å². The molecule has 3 N–H and O–H groups in total. The number of nitrogens with zero attached hydrogens (tertiary/aromatic N) is 1. The fraction of sp³-hybridized carbons (Fsp3) is 0.562. The standard InChI is InChI=1S/C16H25N3O2/c1-13-12-19(10-5-11-21-13)9-4-8-16(20)18-15-7-3-2-6-14(15)17/h2-3,6-7,13H,4-5,8-12,17H2,1H3,(H,18,20). The smallest absolute Gasteiger partial charge is 0.224 e. The van der Waals surface area contributed by atoms with Crippen LogP contribution < -0.4 is 11.1 Å². The van der Waals surface area contributed by atoms with Gasteiger partial charge in [-0.2, -0.15) is 0 Å². The number of nitrogens with two attached hydrogens (primary N) is 1. The number of nitrogen functional groups attached to an aromatic ring is 1. The molecule has 1 fully saturated rings. The minimum Gasteiger partial charge on any atom is -0.397 e. The molecule has 116 valence electrons. The SMILES string of the molecule is CC1CN(CCCC(=O)Nc2ccccc2N)CCCO1. The van der Waals surface area contributed by atoms with E-state index in [4.69, 9.17) is 10.5 Å². The van der Waals surface area contributed by atoms with Gasteiger partial charge in [0.15, 0.2) is 0 Å². The molecule has 0 saturated carbocycles. The van der Waals surface area contributed by atoms with E-state index in [-0.39, 0.29) is 12.0 Å². The summed E-state index contributed by atoms with van der Waals surface area (Å²) in [6.07, 6.45) is 2.72. The maximum atomic E-state index is 11.9. The van der Waals surface area contributed by atoms with Crippen LogP contribution >= 0.6 is 0 Å². The fourth-order valence-electron chi connectivity index (χ4n) is 2.57. The number of rotatable bonds is 5. The van der Waals surface area contributed by atoms with E-state index >= 15 is 0 Å². The largest absolute Gasteiger partial charge is 0.397 e. The minimum atomic E-state index is 0.0204. The molecule has 1 aromatic carbocycles. The molecule has 0 spiro atoms. The van der Waals surface area contributed by atoms with Crippen molar-refractivity contribution in [2.75, 3.05) is 37.3 Å². The van der Waals surface area contributed by atoms with Gasteiger partial charge in [0.2, 0.25) is 5.91 Å². The number of nitrogens with one attached hydrogen (secondary N) is 1. The summed E-state index contributed by atoms with van der Waals surface area (Å²) in [6, 6.07) is 7.33. The van der Waals surface area contributed by atoms with Gasteiger partial charge in [-0.05, 0) is 38.4 Å². The maximum Gasteiger partial charge on any atom is 0.224 e. The zero-order valence-corrected chi connectivity index (χ0v) is 12.7. The van der Waals surface area contributed by atoms with Crippen LogP contribution in [0.5, 0.6) is 0 Å². The second-order valence-corrected chi connectivity index (χ2v) is 5.57. The Morgan fingerprint density at radius 2 is 2.29 bits per heavy atom. The normalized spacial score (nSPS) is 20.0. The molecular formula is C16H25N3O2. The summed E-state index contributed by atoms with van der Waals surface area (Å²) >= 11 is 0. The van der Waals surface area contributed by atoms with E-state index in [2.05, 4.69) is 17.1 Å². The molecule has 1 aromatic rings. The molecular weight excluding hydrogens is 266 g/mol. The third kappa shape index (κ3) is 5.36. The van der Waals surface area contributed by atoms with E-state index in [1.54, 1.807) is 6.07 Å². The van der Waals surface area contributed by atoms with Crippen molar-refractivity contribution in [1.29, 1.82) is 0 Å². The molecule has 1 saturated heterocycles. The first-order chi connectivity index (χ1) is 10.1. The Kier molecular flexibility index (Phi) is 6.02. The molecule has 0 aromatic heterocycles. The Bertz CT molecular complexity index is 465. The van der Waals surface area contributed by atoms with Crippen molar-refractivity contribution in [3.8, 4) is 0 Å². The number of para-hydroxylation sites is 2. The summed E-state index contributed by atoms with van der Waals surface area (Å²) in [4.78, 5) is 14.3. The number of anilines is 2. The Hall–Kier alpha value is -1.59. The molecule has 5 heteroatoms. The van der Waals surface area contributed by atoms with E-state index in [1.165, 1.54) is 0 Å². The van der Waals surface area contributed by atoms with E-state index in [0.29, 0.717) is 17.8 Å². The average Bonchev–Trinajstić information content (AvgIpc) is 2.66. The number of carbonyl (C=O) groups excluding carboxylic acids is 1. The van der Waals surface area contributed by atoms with Gasteiger partial charge in [0.1, 0.15) is 0 Å².